The number of amides is 3. The van der Waals surface area contributed by atoms with Gasteiger partial charge in [-0.05, 0) is 43.2 Å². The zero-order valence-electron chi connectivity index (χ0n) is 23.0. The topological polar surface area (TPSA) is 140 Å². The predicted molar refractivity (Wildman–Crippen MR) is 152 cm³/mol. The van der Waals surface area contributed by atoms with Crippen molar-refractivity contribution < 1.29 is 32.7 Å². The van der Waals surface area contributed by atoms with Crippen molar-refractivity contribution in [1.29, 1.82) is 5.26 Å². The average molecular weight is 627 g/mol. The fourth-order valence-corrected chi connectivity index (χ4v) is 5.70. The standard InChI is InChI=1S/C30H26ClF3N6O4/c31-22-7-2-1-6-21(22)25(26(42)37-18-8-11-30(33,34)12-9-18)39(20-5-3-4-17(32)14-20)27(43)23-15-24(41)28(44)40(23)29-36-13-10-19(16-35)38-29/h1-7,10,13-14,18,23-25,41H,8-9,11-12,15H2,(H,37,42)/t23-,24-,25?/m0/s1. The zero-order chi connectivity index (χ0) is 31.6. The highest BCUT2D eigenvalue weighted by Crippen LogP contribution is 2.37. The summed E-state index contributed by atoms with van der Waals surface area (Å²) in [6, 6.07) is 10.4. The minimum absolute atomic E-state index is 0.00837. The summed E-state index contributed by atoms with van der Waals surface area (Å²) in [7, 11) is 0. The van der Waals surface area contributed by atoms with E-state index in [4.69, 9.17) is 11.6 Å². The van der Waals surface area contributed by atoms with E-state index in [1.54, 1.807) is 12.1 Å². The van der Waals surface area contributed by atoms with Gasteiger partial charge in [0.15, 0.2) is 0 Å². The third kappa shape index (κ3) is 6.36. The van der Waals surface area contributed by atoms with Crippen LogP contribution in [0.3, 0.4) is 0 Å². The highest BCUT2D eigenvalue weighted by Gasteiger charge is 2.49. The Morgan fingerprint density at radius 3 is 2.57 bits per heavy atom. The molecule has 1 saturated carbocycles. The molecule has 10 nitrogen and oxygen atoms in total. The highest BCUT2D eigenvalue weighted by molar-refractivity contribution is 6.31. The van der Waals surface area contributed by atoms with Crippen molar-refractivity contribution in [2.45, 2.75) is 62.3 Å². The summed E-state index contributed by atoms with van der Waals surface area (Å²) in [5.74, 6) is -6.52. The third-order valence-electron chi connectivity index (χ3n) is 7.63. The van der Waals surface area contributed by atoms with E-state index in [1.807, 2.05) is 6.07 Å². The number of halogens is 4. The second kappa shape index (κ2) is 12.6. The Morgan fingerprint density at radius 1 is 1.16 bits per heavy atom. The SMILES string of the molecule is N#Cc1ccnc(N2C(=O)[C@@H](O)C[C@H]2C(=O)N(c2cccc(F)c2)C(C(=O)NC2CCC(F)(F)CC2)c2ccccc2Cl)n1. The lowest BCUT2D eigenvalue weighted by Crippen LogP contribution is -2.53. The van der Waals surface area contributed by atoms with Gasteiger partial charge in [-0.2, -0.15) is 5.26 Å². The van der Waals surface area contributed by atoms with Crippen molar-refractivity contribution in [2.24, 2.45) is 0 Å². The Morgan fingerprint density at radius 2 is 1.89 bits per heavy atom. The van der Waals surface area contributed by atoms with Crippen LogP contribution in [0, 0.1) is 17.1 Å². The number of nitrogens with zero attached hydrogens (tertiary/aromatic N) is 5. The van der Waals surface area contributed by atoms with Crippen LogP contribution in [0.25, 0.3) is 0 Å². The molecular weight excluding hydrogens is 601 g/mol. The first kappa shape index (κ1) is 30.9. The molecule has 1 aliphatic carbocycles. The number of aliphatic hydroxyl groups is 1. The smallest absolute Gasteiger partial charge is 0.259 e. The van der Waals surface area contributed by atoms with E-state index < -0.39 is 73.0 Å². The van der Waals surface area contributed by atoms with Crippen LogP contribution in [-0.4, -0.2) is 56.9 Å². The summed E-state index contributed by atoms with van der Waals surface area (Å²) in [5.41, 5.74) is -0.0425. The maximum atomic E-state index is 14.6. The Bertz CT molecular complexity index is 1630. The lowest BCUT2D eigenvalue weighted by atomic mass is 9.91. The van der Waals surface area contributed by atoms with Gasteiger partial charge in [-0.1, -0.05) is 35.9 Å². The van der Waals surface area contributed by atoms with Crippen molar-refractivity contribution >= 4 is 41.0 Å². The summed E-state index contributed by atoms with van der Waals surface area (Å²) in [6.07, 6.45) is -1.75. The van der Waals surface area contributed by atoms with Crippen LogP contribution >= 0.6 is 11.6 Å². The molecule has 1 unspecified atom stereocenters. The molecule has 3 aromatic rings. The monoisotopic (exact) mass is 626 g/mol. The maximum Gasteiger partial charge on any atom is 0.259 e. The fourth-order valence-electron chi connectivity index (χ4n) is 5.46. The van der Waals surface area contributed by atoms with E-state index in [0.29, 0.717) is 0 Å². The van der Waals surface area contributed by atoms with E-state index in [9.17, 15) is 37.9 Å². The number of nitriles is 1. The molecule has 2 aliphatic rings. The molecule has 3 amide bonds. The van der Waals surface area contributed by atoms with Crippen molar-refractivity contribution in [3.05, 3.63) is 82.9 Å². The summed E-state index contributed by atoms with van der Waals surface area (Å²) in [4.78, 5) is 51.5. The molecule has 14 heteroatoms. The van der Waals surface area contributed by atoms with Gasteiger partial charge in [-0.3, -0.25) is 24.2 Å². The van der Waals surface area contributed by atoms with Crippen LogP contribution in [0.4, 0.5) is 24.8 Å². The molecule has 5 rings (SSSR count). The normalized spacial score (nSPS) is 20.5. The first-order valence-electron chi connectivity index (χ1n) is 13.7. The molecule has 0 radical (unpaired) electrons. The number of aromatic nitrogens is 2. The van der Waals surface area contributed by atoms with Gasteiger partial charge in [0.2, 0.25) is 17.8 Å². The van der Waals surface area contributed by atoms with Crippen LogP contribution < -0.4 is 15.1 Å². The highest BCUT2D eigenvalue weighted by atomic mass is 35.5. The second-order valence-electron chi connectivity index (χ2n) is 10.6. The molecule has 0 spiro atoms. The van der Waals surface area contributed by atoms with Gasteiger partial charge in [0.25, 0.3) is 11.8 Å². The van der Waals surface area contributed by atoms with Gasteiger partial charge in [0, 0.05) is 47.8 Å². The Labute approximate surface area is 255 Å². The number of rotatable bonds is 7. The van der Waals surface area contributed by atoms with Gasteiger partial charge < -0.3 is 10.4 Å². The quantitative estimate of drug-likeness (QED) is 0.403. The molecule has 2 fully saturated rings. The molecule has 228 valence electrons. The van der Waals surface area contributed by atoms with E-state index in [0.717, 1.165) is 21.9 Å². The van der Waals surface area contributed by atoms with Crippen LogP contribution in [-0.2, 0) is 14.4 Å². The zero-order valence-corrected chi connectivity index (χ0v) is 23.8. The van der Waals surface area contributed by atoms with Crippen molar-refractivity contribution in [1.82, 2.24) is 15.3 Å². The number of aliphatic hydroxyl groups excluding tert-OH is 1. The van der Waals surface area contributed by atoms with Gasteiger partial charge in [0.05, 0.1) is 0 Å². The van der Waals surface area contributed by atoms with Crippen LogP contribution in [0.5, 0.6) is 0 Å². The van der Waals surface area contributed by atoms with Gasteiger partial charge in [0.1, 0.15) is 35.8 Å². The molecule has 1 aliphatic heterocycles. The van der Waals surface area contributed by atoms with Gasteiger partial charge in [-0.25, -0.2) is 23.1 Å². The number of nitrogens with one attached hydrogen (secondary N) is 1. The molecule has 0 bridgehead atoms. The van der Waals surface area contributed by atoms with E-state index in [1.165, 1.54) is 36.5 Å². The van der Waals surface area contributed by atoms with Crippen molar-refractivity contribution in [3.63, 3.8) is 0 Å². The lowest BCUT2D eigenvalue weighted by Gasteiger charge is -2.36. The first-order chi connectivity index (χ1) is 21.0. The van der Waals surface area contributed by atoms with E-state index >= 15 is 0 Å². The second-order valence-corrected chi connectivity index (χ2v) is 11.0. The summed E-state index contributed by atoms with van der Waals surface area (Å²) in [6.45, 7) is 0. The lowest BCUT2D eigenvalue weighted by molar-refractivity contribution is -0.128. The van der Waals surface area contributed by atoms with Gasteiger partial charge in [-0.15, -0.1) is 0 Å². The van der Waals surface area contributed by atoms with Crippen molar-refractivity contribution in [2.75, 3.05) is 9.80 Å². The van der Waals surface area contributed by atoms with E-state index in [-0.39, 0.29) is 40.8 Å². The van der Waals surface area contributed by atoms with Crippen LogP contribution in [0.2, 0.25) is 5.02 Å². The number of carbonyl (C=O) groups is 3. The third-order valence-corrected chi connectivity index (χ3v) is 7.98. The molecular formula is C30H26ClF3N6O4. The van der Waals surface area contributed by atoms with Crippen molar-refractivity contribution in [3.8, 4) is 6.07 Å². The molecule has 44 heavy (non-hydrogen) atoms. The van der Waals surface area contributed by atoms with E-state index in [2.05, 4.69) is 15.3 Å². The maximum absolute atomic E-state index is 14.6. The summed E-state index contributed by atoms with van der Waals surface area (Å²) >= 11 is 6.53. The first-order valence-corrected chi connectivity index (χ1v) is 14.1. The predicted octanol–water partition coefficient (Wildman–Crippen LogP) is 4.08. The number of anilines is 2. The van der Waals surface area contributed by atoms with Crippen LogP contribution in [0.15, 0.2) is 60.8 Å². The summed E-state index contributed by atoms with van der Waals surface area (Å²) in [5, 5.41) is 22.7. The number of benzene rings is 2. The Balaban J connectivity index is 1.61. The van der Waals surface area contributed by atoms with Gasteiger partial charge >= 0.3 is 0 Å². The Kier molecular flexibility index (Phi) is 8.85. The molecule has 3 atom stereocenters. The number of alkyl halides is 2. The molecule has 1 aromatic heterocycles. The number of hydrogen-bond donors (Lipinski definition) is 2. The molecule has 2 aromatic carbocycles. The minimum atomic E-state index is -2.85. The Hall–Kier alpha value is -4.54. The van der Waals surface area contributed by atoms with Crippen LogP contribution in [0.1, 0.15) is 49.4 Å². The molecule has 2 heterocycles. The molecule has 2 N–H and O–H groups in total. The number of hydrogen-bond acceptors (Lipinski definition) is 7. The number of carbonyl (C=O) groups excluding carboxylic acids is 3. The largest absolute Gasteiger partial charge is 0.383 e. The summed E-state index contributed by atoms with van der Waals surface area (Å²) < 4.78 is 42.3. The fraction of sp³-hybridized carbons (Fsp3) is 0.333. The average Bonchev–Trinajstić information content (AvgIpc) is 3.30. The molecule has 1 saturated heterocycles. The minimum Gasteiger partial charge on any atom is -0.383 e.